The molecule has 3 rings (SSSR count). The van der Waals surface area contributed by atoms with Crippen LogP contribution in [-0.2, 0) is 6.54 Å². The van der Waals surface area contributed by atoms with Gasteiger partial charge in [0.25, 0.3) is 5.56 Å². The van der Waals surface area contributed by atoms with E-state index in [2.05, 4.69) is 4.98 Å². The number of thiophene rings is 1. The quantitative estimate of drug-likeness (QED) is 0.786. The van der Waals surface area contributed by atoms with Gasteiger partial charge in [0.1, 0.15) is 22.2 Å². The third-order valence-corrected chi connectivity index (χ3v) is 5.00. The van der Waals surface area contributed by atoms with Crippen LogP contribution in [0.15, 0.2) is 29.1 Å². The number of rotatable bonds is 4. The van der Waals surface area contributed by atoms with Crippen molar-refractivity contribution < 1.29 is 14.3 Å². The van der Waals surface area contributed by atoms with E-state index < -0.39 is 18.2 Å². The van der Waals surface area contributed by atoms with Crippen LogP contribution in [-0.4, -0.2) is 27.3 Å². The van der Waals surface area contributed by atoms with E-state index in [1.807, 2.05) is 25.1 Å². The van der Waals surface area contributed by atoms with Gasteiger partial charge in [-0.3, -0.25) is 9.36 Å². The monoisotopic (exact) mass is 346 g/mol. The van der Waals surface area contributed by atoms with Crippen LogP contribution in [0.5, 0.6) is 0 Å². The smallest absolute Gasteiger partial charge is 0.346 e. The molecule has 2 heterocycles. The minimum atomic E-state index is -1.09. The fraction of sp³-hybridized carbons (Fsp3) is 0.235. The molecule has 0 aliphatic carbocycles. The van der Waals surface area contributed by atoms with E-state index in [1.165, 1.54) is 4.57 Å². The summed E-state index contributed by atoms with van der Waals surface area (Å²) in [6.45, 7) is 2.67. The van der Waals surface area contributed by atoms with Crippen LogP contribution in [0, 0.1) is 13.8 Å². The first-order valence-electron chi connectivity index (χ1n) is 7.34. The van der Waals surface area contributed by atoms with Gasteiger partial charge < -0.3 is 5.11 Å². The Morgan fingerprint density at radius 3 is 2.75 bits per heavy atom. The summed E-state index contributed by atoms with van der Waals surface area (Å²) in [5.41, 5.74) is 1.66. The lowest BCUT2D eigenvalue weighted by Gasteiger charge is -2.11. The fourth-order valence-corrected chi connectivity index (χ4v) is 3.73. The van der Waals surface area contributed by atoms with Crippen LogP contribution >= 0.6 is 11.3 Å². The highest BCUT2D eigenvalue weighted by Crippen LogP contribution is 2.29. The second-order valence-electron chi connectivity index (χ2n) is 5.49. The Hall–Kier alpha value is -2.54. The molecular formula is C17H15FN2O3S. The lowest BCUT2D eigenvalue weighted by Crippen LogP contribution is -2.24. The molecule has 0 fully saturated rings. The molecule has 0 radical (unpaired) electrons. The predicted molar refractivity (Wildman–Crippen MR) is 91.7 cm³/mol. The largest absolute Gasteiger partial charge is 0.477 e. The number of aromatic nitrogens is 2. The number of aryl methyl sites for hydroxylation is 2. The third-order valence-electron chi connectivity index (χ3n) is 3.83. The summed E-state index contributed by atoms with van der Waals surface area (Å²) in [5, 5.41) is 9.52. The Bertz CT molecular complexity index is 1010. The highest BCUT2D eigenvalue weighted by atomic mass is 32.1. The first-order valence-corrected chi connectivity index (χ1v) is 8.16. The molecule has 24 heavy (non-hydrogen) atoms. The van der Waals surface area contributed by atoms with Crippen LogP contribution in [0.25, 0.3) is 21.6 Å². The molecule has 0 bridgehead atoms. The fourth-order valence-electron chi connectivity index (χ4n) is 2.72. The number of hydrogen-bond acceptors (Lipinski definition) is 4. The van der Waals surface area contributed by atoms with Crippen molar-refractivity contribution >= 4 is 27.5 Å². The van der Waals surface area contributed by atoms with Crippen LogP contribution in [0.4, 0.5) is 4.39 Å². The Morgan fingerprint density at radius 1 is 1.38 bits per heavy atom. The zero-order valence-corrected chi connectivity index (χ0v) is 14.0. The van der Waals surface area contributed by atoms with Crippen LogP contribution in [0.2, 0.25) is 0 Å². The number of fused-ring (bicyclic) bond motifs is 1. The molecular weight excluding hydrogens is 331 g/mol. The maximum absolute atomic E-state index is 13.0. The van der Waals surface area contributed by atoms with E-state index in [0.29, 0.717) is 21.8 Å². The Balaban J connectivity index is 2.39. The molecule has 124 valence electrons. The Morgan fingerprint density at radius 2 is 2.12 bits per heavy atom. The van der Waals surface area contributed by atoms with Crippen molar-refractivity contribution in [2.24, 2.45) is 0 Å². The number of carbonyl (C=O) groups is 1. The van der Waals surface area contributed by atoms with E-state index in [9.17, 15) is 19.1 Å². The average Bonchev–Trinajstić information content (AvgIpc) is 2.87. The van der Waals surface area contributed by atoms with Gasteiger partial charge in [-0.25, -0.2) is 14.2 Å². The highest BCUT2D eigenvalue weighted by molar-refractivity contribution is 7.20. The molecule has 0 saturated carbocycles. The summed E-state index contributed by atoms with van der Waals surface area (Å²) in [5.74, 6) is -0.740. The highest BCUT2D eigenvalue weighted by Gasteiger charge is 2.21. The van der Waals surface area contributed by atoms with E-state index in [1.54, 1.807) is 13.0 Å². The first kappa shape index (κ1) is 16.3. The molecule has 0 atom stereocenters. The number of carboxylic acids is 1. The van der Waals surface area contributed by atoms with Gasteiger partial charge >= 0.3 is 5.97 Å². The van der Waals surface area contributed by atoms with Gasteiger partial charge in [0, 0.05) is 5.56 Å². The number of aromatic carboxylic acids is 1. The first-order chi connectivity index (χ1) is 11.4. The molecule has 5 nitrogen and oxygen atoms in total. The van der Waals surface area contributed by atoms with Crippen molar-refractivity contribution in [3.8, 4) is 11.4 Å². The Labute approximate surface area is 141 Å². The van der Waals surface area contributed by atoms with Crippen LogP contribution < -0.4 is 5.56 Å². The SMILES string of the molecule is Cc1cccc(-c2nc3sc(C(=O)O)c(C)c3c(=O)n2CCF)c1. The minimum absolute atomic E-state index is 0.0859. The molecule has 0 aliphatic rings. The number of hydrogen-bond donors (Lipinski definition) is 1. The van der Waals surface area contributed by atoms with Gasteiger partial charge in [-0.05, 0) is 25.5 Å². The van der Waals surface area contributed by atoms with Crippen molar-refractivity contribution in [3.05, 3.63) is 50.6 Å². The van der Waals surface area contributed by atoms with Gasteiger partial charge in [-0.2, -0.15) is 0 Å². The molecule has 1 N–H and O–H groups in total. The molecule has 0 saturated heterocycles. The summed E-state index contributed by atoms with van der Waals surface area (Å²) in [6, 6.07) is 7.41. The van der Waals surface area contributed by atoms with Gasteiger partial charge in [0.15, 0.2) is 0 Å². The lowest BCUT2D eigenvalue weighted by atomic mass is 10.1. The molecule has 0 spiro atoms. The zero-order chi connectivity index (χ0) is 17.4. The lowest BCUT2D eigenvalue weighted by molar-refractivity contribution is 0.0701. The van der Waals surface area contributed by atoms with E-state index >= 15 is 0 Å². The van der Waals surface area contributed by atoms with Crippen molar-refractivity contribution in [2.75, 3.05) is 6.67 Å². The zero-order valence-electron chi connectivity index (χ0n) is 13.2. The molecule has 7 heteroatoms. The summed E-state index contributed by atoms with van der Waals surface area (Å²) >= 11 is 0.968. The van der Waals surface area contributed by atoms with Gasteiger partial charge in [0.05, 0.1) is 11.9 Å². The average molecular weight is 346 g/mol. The summed E-state index contributed by atoms with van der Waals surface area (Å²) in [4.78, 5) is 29.1. The van der Waals surface area contributed by atoms with Crippen molar-refractivity contribution in [1.82, 2.24) is 9.55 Å². The third kappa shape index (κ3) is 2.60. The molecule has 0 unspecified atom stereocenters. The summed E-state index contributed by atoms with van der Waals surface area (Å²) in [7, 11) is 0. The van der Waals surface area contributed by atoms with E-state index in [0.717, 1.165) is 16.9 Å². The molecule has 1 aromatic carbocycles. The number of alkyl halides is 1. The molecule has 2 aromatic heterocycles. The summed E-state index contributed by atoms with van der Waals surface area (Å²) in [6.07, 6.45) is 0. The predicted octanol–water partition coefficient (Wildman–Crippen LogP) is 3.41. The van der Waals surface area contributed by atoms with E-state index in [4.69, 9.17) is 0 Å². The normalized spacial score (nSPS) is 11.1. The van der Waals surface area contributed by atoms with Crippen molar-refractivity contribution in [2.45, 2.75) is 20.4 Å². The molecule has 0 amide bonds. The second kappa shape index (κ2) is 6.16. The molecule has 0 aliphatic heterocycles. The van der Waals surface area contributed by atoms with Crippen LogP contribution in [0.1, 0.15) is 20.8 Å². The topological polar surface area (TPSA) is 72.2 Å². The van der Waals surface area contributed by atoms with E-state index in [-0.39, 0.29) is 16.8 Å². The standard InChI is InChI=1S/C17H15FN2O3S/c1-9-4-3-5-11(8-9)14-19-15-12(16(21)20(14)7-6-18)10(2)13(24-15)17(22)23/h3-5,8H,6-7H2,1-2H3,(H,22,23). The maximum Gasteiger partial charge on any atom is 0.346 e. The Kier molecular flexibility index (Phi) is 4.19. The van der Waals surface area contributed by atoms with Gasteiger partial charge in [-0.1, -0.05) is 23.8 Å². The van der Waals surface area contributed by atoms with Gasteiger partial charge in [-0.15, -0.1) is 11.3 Å². The van der Waals surface area contributed by atoms with Crippen LogP contribution in [0.3, 0.4) is 0 Å². The second-order valence-corrected chi connectivity index (χ2v) is 6.49. The van der Waals surface area contributed by atoms with Crippen molar-refractivity contribution in [1.29, 1.82) is 0 Å². The summed E-state index contributed by atoms with van der Waals surface area (Å²) < 4.78 is 14.3. The molecule has 3 aromatic rings. The number of carboxylic acid groups (broad SMARTS) is 1. The number of nitrogens with zero attached hydrogens (tertiary/aromatic N) is 2. The minimum Gasteiger partial charge on any atom is -0.477 e. The van der Waals surface area contributed by atoms with Crippen molar-refractivity contribution in [3.63, 3.8) is 0 Å². The number of benzene rings is 1. The van der Waals surface area contributed by atoms with Gasteiger partial charge in [0.2, 0.25) is 0 Å². The number of halogens is 1. The maximum atomic E-state index is 13.0.